The van der Waals surface area contributed by atoms with Crippen molar-refractivity contribution in [3.8, 4) is 6.07 Å². The Bertz CT molecular complexity index is 682. The average Bonchev–Trinajstić information content (AvgIpc) is 2.98. The first kappa shape index (κ1) is 17.8. The highest BCUT2D eigenvalue weighted by Crippen LogP contribution is 2.33. The summed E-state index contributed by atoms with van der Waals surface area (Å²) in [4.78, 5) is 25.5. The Labute approximate surface area is 133 Å². The molecule has 0 aromatic carbocycles. The zero-order chi connectivity index (χ0) is 16.8. The molecule has 126 valence electrons. The molecule has 1 fully saturated rings. The van der Waals surface area contributed by atoms with Gasteiger partial charge in [-0.05, 0) is 19.8 Å². The number of aromatic nitrogens is 2. The molecular formula is C13H19N4O5P. The molecule has 1 aliphatic heterocycles. The van der Waals surface area contributed by atoms with Crippen molar-refractivity contribution in [2.45, 2.75) is 38.5 Å². The van der Waals surface area contributed by atoms with Crippen molar-refractivity contribution >= 4 is 8.53 Å². The van der Waals surface area contributed by atoms with Crippen molar-refractivity contribution in [2.75, 3.05) is 13.2 Å². The van der Waals surface area contributed by atoms with Crippen molar-refractivity contribution in [1.29, 1.82) is 5.26 Å². The molecule has 0 bridgehead atoms. The summed E-state index contributed by atoms with van der Waals surface area (Å²) in [5.41, 5.74) is 5.22. The van der Waals surface area contributed by atoms with Crippen molar-refractivity contribution in [3.63, 3.8) is 0 Å². The second-order valence-electron chi connectivity index (χ2n) is 5.09. The van der Waals surface area contributed by atoms with E-state index in [0.717, 1.165) is 0 Å². The summed E-state index contributed by atoms with van der Waals surface area (Å²) in [6, 6.07) is 1.95. The number of hydrogen-bond acceptors (Lipinski definition) is 7. The van der Waals surface area contributed by atoms with Crippen molar-refractivity contribution in [2.24, 2.45) is 5.50 Å². The molecular weight excluding hydrogens is 323 g/mol. The highest BCUT2D eigenvalue weighted by molar-refractivity contribution is 7.44. The zero-order valence-corrected chi connectivity index (χ0v) is 13.6. The van der Waals surface area contributed by atoms with E-state index in [9.17, 15) is 9.59 Å². The Hall–Kier alpha value is -1.56. The summed E-state index contributed by atoms with van der Waals surface area (Å²) in [6.45, 7) is 2.12. The minimum atomic E-state index is -1.54. The molecule has 0 spiro atoms. The summed E-state index contributed by atoms with van der Waals surface area (Å²) in [5, 5.41) is 8.40. The van der Waals surface area contributed by atoms with Gasteiger partial charge in [-0.25, -0.2) is 4.79 Å². The third kappa shape index (κ3) is 4.96. The van der Waals surface area contributed by atoms with Gasteiger partial charge in [0.2, 0.25) is 0 Å². The Kier molecular flexibility index (Phi) is 6.45. The van der Waals surface area contributed by atoms with Crippen LogP contribution in [-0.4, -0.2) is 28.9 Å². The molecule has 1 saturated heterocycles. The van der Waals surface area contributed by atoms with Gasteiger partial charge in [0, 0.05) is 11.8 Å². The molecule has 0 saturated carbocycles. The van der Waals surface area contributed by atoms with Gasteiger partial charge < -0.3 is 13.8 Å². The number of nitriles is 1. The van der Waals surface area contributed by atoms with Crippen LogP contribution in [0.15, 0.2) is 15.8 Å². The minimum Gasteiger partial charge on any atom is -0.352 e. The number of H-pyrrole nitrogens is 1. The lowest BCUT2D eigenvalue weighted by atomic mass is 10.2. The van der Waals surface area contributed by atoms with Gasteiger partial charge in [-0.2, -0.15) is 5.26 Å². The maximum atomic E-state index is 11.8. The monoisotopic (exact) mass is 342 g/mol. The Balaban J connectivity index is 1.85. The van der Waals surface area contributed by atoms with Crippen LogP contribution in [0.5, 0.6) is 0 Å². The minimum absolute atomic E-state index is 0.202. The van der Waals surface area contributed by atoms with Gasteiger partial charge in [0.1, 0.15) is 6.23 Å². The Morgan fingerprint density at radius 1 is 1.52 bits per heavy atom. The van der Waals surface area contributed by atoms with Gasteiger partial charge in [-0.1, -0.05) is 0 Å². The fraction of sp³-hybridized carbons (Fsp3) is 0.615. The predicted octanol–water partition coefficient (Wildman–Crippen LogP) is 0.655. The third-order valence-corrected chi connectivity index (χ3v) is 4.20. The number of aryl methyl sites for hydroxylation is 1. The lowest BCUT2D eigenvalue weighted by Gasteiger charge is -2.17. The van der Waals surface area contributed by atoms with Crippen LogP contribution in [0.3, 0.4) is 0 Å². The molecule has 3 atom stereocenters. The number of rotatable bonds is 7. The van der Waals surface area contributed by atoms with Crippen molar-refractivity contribution < 1.29 is 13.8 Å². The van der Waals surface area contributed by atoms with E-state index in [4.69, 9.17) is 24.6 Å². The first-order valence-electron chi connectivity index (χ1n) is 7.16. The highest BCUT2D eigenvalue weighted by atomic mass is 31.2. The molecule has 0 aliphatic carbocycles. The molecule has 10 heteroatoms. The molecule has 0 radical (unpaired) electrons. The van der Waals surface area contributed by atoms with Gasteiger partial charge in [-0.15, -0.1) is 0 Å². The van der Waals surface area contributed by atoms with E-state index in [1.165, 1.54) is 10.8 Å². The van der Waals surface area contributed by atoms with Gasteiger partial charge in [0.05, 0.1) is 31.8 Å². The summed E-state index contributed by atoms with van der Waals surface area (Å²) in [5.74, 6) is 0. The number of aromatic amines is 1. The topological polar surface area (TPSA) is 132 Å². The normalized spacial score (nSPS) is 22.0. The number of hydrogen-bond donors (Lipinski definition) is 2. The van der Waals surface area contributed by atoms with Crippen LogP contribution in [0.2, 0.25) is 0 Å². The Morgan fingerprint density at radius 3 is 3.04 bits per heavy atom. The lowest BCUT2D eigenvalue weighted by Crippen LogP contribution is -2.33. The maximum Gasteiger partial charge on any atom is 0.330 e. The second-order valence-corrected chi connectivity index (χ2v) is 6.18. The maximum absolute atomic E-state index is 11.8. The molecule has 3 N–H and O–H groups in total. The zero-order valence-electron chi connectivity index (χ0n) is 12.7. The van der Waals surface area contributed by atoms with Crippen LogP contribution in [0, 0.1) is 18.3 Å². The first-order chi connectivity index (χ1) is 11.0. The second kappa shape index (κ2) is 8.34. The summed E-state index contributed by atoms with van der Waals surface area (Å²) in [7, 11) is -1.54. The molecule has 1 aromatic rings. The van der Waals surface area contributed by atoms with Crippen LogP contribution in [-0.2, 0) is 13.8 Å². The summed E-state index contributed by atoms with van der Waals surface area (Å²) < 4.78 is 17.7. The van der Waals surface area contributed by atoms with Gasteiger partial charge in [0.25, 0.3) is 14.1 Å². The largest absolute Gasteiger partial charge is 0.352 e. The molecule has 1 aliphatic rings. The molecule has 9 nitrogen and oxygen atoms in total. The van der Waals surface area contributed by atoms with Crippen LogP contribution < -0.4 is 16.8 Å². The molecule has 1 aromatic heterocycles. The lowest BCUT2D eigenvalue weighted by molar-refractivity contribution is -0.0204. The number of ether oxygens (including phenoxy) is 1. The molecule has 23 heavy (non-hydrogen) atoms. The third-order valence-electron chi connectivity index (χ3n) is 3.36. The van der Waals surface area contributed by atoms with Crippen LogP contribution in [0.4, 0.5) is 0 Å². The van der Waals surface area contributed by atoms with E-state index < -0.39 is 26.0 Å². The number of nitrogens with one attached hydrogen (secondary N) is 1. The smallest absolute Gasteiger partial charge is 0.330 e. The number of nitrogens with two attached hydrogens (primary N) is 1. The first-order valence-corrected chi connectivity index (χ1v) is 8.41. The van der Waals surface area contributed by atoms with Crippen molar-refractivity contribution in [3.05, 3.63) is 32.6 Å². The van der Waals surface area contributed by atoms with Gasteiger partial charge in [0.15, 0.2) is 0 Å². The Morgan fingerprint density at radius 2 is 2.30 bits per heavy atom. The van der Waals surface area contributed by atoms with Crippen LogP contribution in [0.1, 0.15) is 31.1 Å². The van der Waals surface area contributed by atoms with E-state index in [2.05, 4.69) is 4.98 Å². The molecule has 2 rings (SSSR count). The van der Waals surface area contributed by atoms with E-state index in [1.54, 1.807) is 6.92 Å². The SMILES string of the molecule is Cc1cn([C@H]2CC[C@@H](COP(N)OCCC#N)O2)c(=O)[nH]c1=O. The van der Waals surface area contributed by atoms with E-state index in [-0.39, 0.29) is 25.7 Å². The fourth-order valence-corrected chi connectivity index (χ4v) is 2.85. The highest BCUT2D eigenvalue weighted by Gasteiger charge is 2.28. The summed E-state index contributed by atoms with van der Waals surface area (Å²) in [6.07, 6.45) is 2.46. The van der Waals surface area contributed by atoms with Crippen LogP contribution in [0.25, 0.3) is 0 Å². The van der Waals surface area contributed by atoms with Gasteiger partial charge >= 0.3 is 5.69 Å². The molecule has 2 heterocycles. The number of nitrogens with zero attached hydrogens (tertiary/aromatic N) is 2. The van der Waals surface area contributed by atoms with Crippen LogP contribution >= 0.6 is 8.53 Å². The van der Waals surface area contributed by atoms with Gasteiger partial charge in [-0.3, -0.25) is 19.8 Å². The van der Waals surface area contributed by atoms with E-state index in [1.807, 2.05) is 6.07 Å². The quantitative estimate of drug-likeness (QED) is 0.549. The van der Waals surface area contributed by atoms with E-state index >= 15 is 0 Å². The van der Waals surface area contributed by atoms with E-state index in [0.29, 0.717) is 18.4 Å². The summed E-state index contributed by atoms with van der Waals surface area (Å²) >= 11 is 0. The standard InChI is InChI=1S/C13H19N4O5P/c1-9-7-17(13(19)16-12(9)18)11-4-3-10(22-11)8-21-23(15)20-6-2-5-14/h7,10-11H,2-4,6,8,15H2,1H3,(H,16,18,19)/t10-,11+,23?/m0/s1. The fourth-order valence-electron chi connectivity index (χ4n) is 2.19. The molecule has 1 unspecified atom stereocenters. The van der Waals surface area contributed by atoms with Crippen molar-refractivity contribution in [1.82, 2.24) is 9.55 Å². The average molecular weight is 342 g/mol. The predicted molar refractivity (Wildman–Crippen MR) is 82.4 cm³/mol. The molecule has 0 amide bonds.